The normalized spacial score (nSPS) is 26.9. The number of nitrogens with one attached hydrogen (secondary N) is 1. The molecule has 3 unspecified atom stereocenters. The smallest absolute Gasteiger partial charge is 0.203 e. The second kappa shape index (κ2) is 6.12. The summed E-state index contributed by atoms with van der Waals surface area (Å²) >= 11 is 0. The van der Waals surface area contributed by atoms with E-state index in [0.29, 0.717) is 29.7 Å². The maximum absolute atomic E-state index is 5.87. The standard InChI is InChI=1S/C16H23NO4/c1-18-14-6-4-10(15(19-2)16(14)20-3)9-17-12-8-11-5-7-13(12)21-11/h4,6,11-13,17H,5,7-9H2,1-3H3. The van der Waals surface area contributed by atoms with Crippen molar-refractivity contribution in [3.63, 3.8) is 0 Å². The maximum Gasteiger partial charge on any atom is 0.203 e. The van der Waals surface area contributed by atoms with Gasteiger partial charge in [-0.25, -0.2) is 0 Å². The lowest BCUT2D eigenvalue weighted by Crippen LogP contribution is -2.37. The Kier molecular flexibility index (Phi) is 4.22. The van der Waals surface area contributed by atoms with Crippen LogP contribution in [-0.4, -0.2) is 39.6 Å². The Morgan fingerprint density at radius 2 is 1.90 bits per heavy atom. The molecule has 0 amide bonds. The van der Waals surface area contributed by atoms with Crippen LogP contribution in [0.15, 0.2) is 12.1 Å². The number of rotatable bonds is 6. The zero-order chi connectivity index (χ0) is 14.8. The lowest BCUT2D eigenvalue weighted by atomic mass is 9.95. The van der Waals surface area contributed by atoms with Gasteiger partial charge in [0.05, 0.1) is 33.5 Å². The van der Waals surface area contributed by atoms with Gasteiger partial charge in [0.15, 0.2) is 11.5 Å². The van der Waals surface area contributed by atoms with Crippen molar-refractivity contribution in [2.45, 2.75) is 44.1 Å². The predicted octanol–water partition coefficient (Wildman–Crippen LogP) is 2.12. The van der Waals surface area contributed by atoms with E-state index in [0.717, 1.165) is 24.3 Å². The number of ether oxygens (including phenoxy) is 4. The molecule has 1 aromatic rings. The predicted molar refractivity (Wildman–Crippen MR) is 79.2 cm³/mol. The fraction of sp³-hybridized carbons (Fsp3) is 0.625. The highest BCUT2D eigenvalue weighted by molar-refractivity contribution is 5.55. The molecular weight excluding hydrogens is 270 g/mol. The molecule has 3 rings (SSSR count). The number of benzene rings is 1. The average Bonchev–Trinajstić information content (AvgIpc) is 3.14. The molecule has 2 heterocycles. The highest BCUT2D eigenvalue weighted by atomic mass is 16.5. The Labute approximate surface area is 125 Å². The molecule has 2 bridgehead atoms. The van der Waals surface area contributed by atoms with Crippen LogP contribution in [0.3, 0.4) is 0 Å². The van der Waals surface area contributed by atoms with Crippen molar-refractivity contribution in [2.75, 3.05) is 21.3 Å². The fourth-order valence-corrected chi connectivity index (χ4v) is 3.40. The van der Waals surface area contributed by atoms with Crippen molar-refractivity contribution >= 4 is 0 Å². The topological polar surface area (TPSA) is 49.0 Å². The summed E-state index contributed by atoms with van der Waals surface area (Å²) in [4.78, 5) is 0. The van der Waals surface area contributed by atoms with E-state index in [1.807, 2.05) is 12.1 Å². The first-order valence-electron chi connectivity index (χ1n) is 7.43. The first-order valence-corrected chi connectivity index (χ1v) is 7.43. The summed E-state index contributed by atoms with van der Waals surface area (Å²) in [5.74, 6) is 2.05. The molecule has 0 aromatic heterocycles. The average molecular weight is 293 g/mol. The van der Waals surface area contributed by atoms with E-state index in [-0.39, 0.29) is 0 Å². The van der Waals surface area contributed by atoms with Gasteiger partial charge in [-0.3, -0.25) is 0 Å². The number of hydrogen-bond donors (Lipinski definition) is 1. The van der Waals surface area contributed by atoms with Crippen LogP contribution >= 0.6 is 0 Å². The van der Waals surface area contributed by atoms with Gasteiger partial charge in [0.25, 0.3) is 0 Å². The van der Waals surface area contributed by atoms with Crippen molar-refractivity contribution in [2.24, 2.45) is 0 Å². The van der Waals surface area contributed by atoms with Crippen LogP contribution in [0.4, 0.5) is 0 Å². The first kappa shape index (κ1) is 14.5. The van der Waals surface area contributed by atoms with Crippen molar-refractivity contribution in [3.8, 4) is 17.2 Å². The van der Waals surface area contributed by atoms with E-state index in [2.05, 4.69) is 5.32 Å². The Morgan fingerprint density at radius 3 is 2.48 bits per heavy atom. The minimum Gasteiger partial charge on any atom is -0.493 e. The SMILES string of the molecule is COc1ccc(CNC2CC3CCC2O3)c(OC)c1OC. The molecule has 2 aliphatic heterocycles. The molecule has 3 atom stereocenters. The lowest BCUT2D eigenvalue weighted by Gasteiger charge is -2.21. The molecule has 0 saturated carbocycles. The summed E-state index contributed by atoms with van der Waals surface area (Å²) < 4.78 is 22.1. The quantitative estimate of drug-likeness (QED) is 0.870. The van der Waals surface area contributed by atoms with Gasteiger partial charge in [-0.2, -0.15) is 0 Å². The van der Waals surface area contributed by atoms with Crippen LogP contribution in [-0.2, 0) is 11.3 Å². The number of fused-ring (bicyclic) bond motifs is 2. The maximum atomic E-state index is 5.87. The third kappa shape index (κ3) is 2.68. The Morgan fingerprint density at radius 1 is 1.10 bits per heavy atom. The second-order valence-electron chi connectivity index (χ2n) is 5.59. The van der Waals surface area contributed by atoms with E-state index in [9.17, 15) is 0 Å². The molecule has 21 heavy (non-hydrogen) atoms. The fourth-order valence-electron chi connectivity index (χ4n) is 3.40. The van der Waals surface area contributed by atoms with Crippen molar-refractivity contribution in [3.05, 3.63) is 17.7 Å². The van der Waals surface area contributed by atoms with Crippen LogP contribution in [0.1, 0.15) is 24.8 Å². The van der Waals surface area contributed by atoms with E-state index in [1.165, 1.54) is 12.8 Å². The largest absolute Gasteiger partial charge is 0.493 e. The molecule has 1 aromatic carbocycles. The zero-order valence-corrected chi connectivity index (χ0v) is 12.8. The number of hydrogen-bond acceptors (Lipinski definition) is 5. The Hall–Kier alpha value is -1.46. The molecular formula is C16H23NO4. The van der Waals surface area contributed by atoms with E-state index in [1.54, 1.807) is 21.3 Å². The van der Waals surface area contributed by atoms with Crippen LogP contribution in [0.5, 0.6) is 17.2 Å². The van der Waals surface area contributed by atoms with Crippen molar-refractivity contribution < 1.29 is 18.9 Å². The van der Waals surface area contributed by atoms with Gasteiger partial charge >= 0.3 is 0 Å². The molecule has 0 spiro atoms. The molecule has 2 saturated heterocycles. The molecule has 0 radical (unpaired) electrons. The van der Waals surface area contributed by atoms with Crippen molar-refractivity contribution in [1.82, 2.24) is 5.32 Å². The molecule has 0 aliphatic carbocycles. The third-order valence-corrected chi connectivity index (χ3v) is 4.45. The van der Waals surface area contributed by atoms with Crippen molar-refractivity contribution in [1.29, 1.82) is 0 Å². The van der Waals surface area contributed by atoms with E-state index in [4.69, 9.17) is 18.9 Å². The summed E-state index contributed by atoms with van der Waals surface area (Å²) in [7, 11) is 4.91. The van der Waals surface area contributed by atoms with Gasteiger partial charge in [0.1, 0.15) is 0 Å². The Balaban J connectivity index is 1.72. The number of methoxy groups -OCH3 is 3. The summed E-state index contributed by atoms with van der Waals surface area (Å²) in [5, 5.41) is 3.59. The van der Waals surface area contributed by atoms with Gasteiger partial charge in [-0.05, 0) is 25.3 Å². The second-order valence-corrected chi connectivity index (χ2v) is 5.59. The highest BCUT2D eigenvalue weighted by Gasteiger charge is 2.40. The zero-order valence-electron chi connectivity index (χ0n) is 12.8. The summed E-state index contributed by atoms with van der Waals surface area (Å²) in [6.45, 7) is 0.737. The summed E-state index contributed by atoms with van der Waals surface area (Å²) in [6.07, 6.45) is 4.33. The minimum absolute atomic E-state index is 0.376. The molecule has 2 fully saturated rings. The summed E-state index contributed by atoms with van der Waals surface area (Å²) in [5.41, 5.74) is 1.07. The van der Waals surface area contributed by atoms with Crippen LogP contribution in [0.25, 0.3) is 0 Å². The summed E-state index contributed by atoms with van der Waals surface area (Å²) in [6, 6.07) is 4.37. The monoisotopic (exact) mass is 293 g/mol. The van der Waals surface area contributed by atoms with Crippen LogP contribution in [0, 0.1) is 0 Å². The Bertz CT molecular complexity index is 505. The van der Waals surface area contributed by atoms with E-state index >= 15 is 0 Å². The molecule has 1 N–H and O–H groups in total. The van der Waals surface area contributed by atoms with Crippen LogP contribution in [0.2, 0.25) is 0 Å². The molecule has 5 heteroatoms. The first-order chi connectivity index (χ1) is 10.3. The minimum atomic E-state index is 0.376. The van der Waals surface area contributed by atoms with E-state index < -0.39 is 0 Å². The van der Waals surface area contributed by atoms with Crippen LogP contribution < -0.4 is 19.5 Å². The molecule has 2 aliphatic rings. The molecule has 5 nitrogen and oxygen atoms in total. The van der Waals surface area contributed by atoms with Gasteiger partial charge in [-0.1, -0.05) is 6.07 Å². The lowest BCUT2D eigenvalue weighted by molar-refractivity contribution is 0.0972. The highest BCUT2D eigenvalue weighted by Crippen LogP contribution is 2.40. The van der Waals surface area contributed by atoms with Gasteiger partial charge < -0.3 is 24.3 Å². The third-order valence-electron chi connectivity index (χ3n) is 4.45. The molecule has 116 valence electrons. The van der Waals surface area contributed by atoms with Gasteiger partial charge in [-0.15, -0.1) is 0 Å². The van der Waals surface area contributed by atoms with Gasteiger partial charge in [0, 0.05) is 18.2 Å². The van der Waals surface area contributed by atoms with Gasteiger partial charge in [0.2, 0.25) is 5.75 Å².